The minimum Gasteiger partial charge on any atom is -0.494 e. The highest BCUT2D eigenvalue weighted by atomic mass is 16.5. The molecule has 1 unspecified atom stereocenters. The van der Waals surface area contributed by atoms with E-state index in [4.69, 9.17) is 4.74 Å². The van der Waals surface area contributed by atoms with Crippen LogP contribution < -0.4 is 15.6 Å². The van der Waals surface area contributed by atoms with E-state index in [9.17, 15) is 4.79 Å². The lowest BCUT2D eigenvalue weighted by Gasteiger charge is -2.22. The van der Waals surface area contributed by atoms with Crippen LogP contribution in [-0.4, -0.2) is 29.9 Å². The van der Waals surface area contributed by atoms with Crippen molar-refractivity contribution in [2.24, 2.45) is 5.92 Å². The molecular formula is C21H27N3O2. The average molecular weight is 353 g/mol. The fourth-order valence-electron chi connectivity index (χ4n) is 4.18. The molecule has 138 valence electrons. The number of benzene rings is 1. The quantitative estimate of drug-likeness (QED) is 0.783. The SMILES string of the molecule is O=c1[nH]nc(-c2ccc(OCCCC3CCCNC3)cc2)c2c1CCC2. The van der Waals surface area contributed by atoms with E-state index in [1.165, 1.54) is 25.8 Å². The lowest BCUT2D eigenvalue weighted by molar-refractivity contribution is 0.275. The smallest absolute Gasteiger partial charge is 0.267 e. The van der Waals surface area contributed by atoms with Crippen LogP contribution in [0.1, 0.15) is 43.2 Å². The van der Waals surface area contributed by atoms with E-state index >= 15 is 0 Å². The van der Waals surface area contributed by atoms with Gasteiger partial charge in [-0.3, -0.25) is 4.79 Å². The fraction of sp³-hybridized carbons (Fsp3) is 0.524. The molecular weight excluding hydrogens is 326 g/mol. The standard InChI is InChI=1S/C21H27N3O2/c25-21-19-7-1-6-18(19)20(23-24-21)16-8-10-17(11-9-16)26-13-3-5-15-4-2-12-22-14-15/h8-11,15,22H,1-7,12-14H2,(H,24,25). The van der Waals surface area contributed by atoms with E-state index in [0.717, 1.165) is 72.9 Å². The first-order chi connectivity index (χ1) is 12.8. The van der Waals surface area contributed by atoms with E-state index in [2.05, 4.69) is 15.5 Å². The van der Waals surface area contributed by atoms with Gasteiger partial charge in [0.25, 0.3) is 5.56 Å². The molecule has 5 heteroatoms. The molecule has 1 aliphatic carbocycles. The normalized spacial score (nSPS) is 19.3. The van der Waals surface area contributed by atoms with Gasteiger partial charge in [-0.05, 0) is 93.8 Å². The summed E-state index contributed by atoms with van der Waals surface area (Å²) in [4.78, 5) is 11.9. The molecule has 0 spiro atoms. The molecule has 26 heavy (non-hydrogen) atoms. The number of ether oxygens (including phenoxy) is 1. The second-order valence-electron chi connectivity index (χ2n) is 7.44. The summed E-state index contributed by atoms with van der Waals surface area (Å²) in [6.07, 6.45) is 7.82. The number of nitrogens with one attached hydrogen (secondary N) is 2. The van der Waals surface area contributed by atoms with Gasteiger partial charge in [0.15, 0.2) is 0 Å². The molecule has 2 N–H and O–H groups in total. The minimum absolute atomic E-state index is 0.0330. The van der Waals surface area contributed by atoms with Gasteiger partial charge in [0, 0.05) is 11.1 Å². The van der Waals surface area contributed by atoms with Crippen LogP contribution in [0, 0.1) is 5.92 Å². The minimum atomic E-state index is -0.0330. The van der Waals surface area contributed by atoms with Crippen molar-refractivity contribution in [3.05, 3.63) is 45.7 Å². The second kappa shape index (κ2) is 8.04. The molecule has 0 amide bonds. The maximum atomic E-state index is 11.9. The largest absolute Gasteiger partial charge is 0.494 e. The van der Waals surface area contributed by atoms with E-state index in [0.29, 0.717) is 0 Å². The molecule has 5 nitrogen and oxygen atoms in total. The molecule has 0 radical (unpaired) electrons. The summed E-state index contributed by atoms with van der Waals surface area (Å²) < 4.78 is 5.90. The van der Waals surface area contributed by atoms with E-state index < -0.39 is 0 Å². The predicted molar refractivity (Wildman–Crippen MR) is 103 cm³/mol. The van der Waals surface area contributed by atoms with Gasteiger partial charge in [-0.15, -0.1) is 0 Å². The lowest BCUT2D eigenvalue weighted by atomic mass is 9.95. The molecule has 2 heterocycles. The third kappa shape index (κ3) is 3.83. The molecule has 0 saturated carbocycles. The number of aromatic amines is 1. The highest BCUT2D eigenvalue weighted by Gasteiger charge is 2.20. The highest BCUT2D eigenvalue weighted by Crippen LogP contribution is 2.29. The Bertz CT molecular complexity index is 792. The van der Waals surface area contributed by atoms with Crippen molar-refractivity contribution in [3.8, 4) is 17.0 Å². The van der Waals surface area contributed by atoms with Crippen molar-refractivity contribution in [2.75, 3.05) is 19.7 Å². The molecule has 1 saturated heterocycles. The van der Waals surface area contributed by atoms with Gasteiger partial charge >= 0.3 is 0 Å². The molecule has 1 aromatic carbocycles. The molecule has 4 rings (SSSR count). The zero-order chi connectivity index (χ0) is 17.8. The Labute approximate surface area is 154 Å². The van der Waals surface area contributed by atoms with Gasteiger partial charge in [-0.25, -0.2) is 5.10 Å². The van der Waals surface area contributed by atoms with Crippen LogP contribution in [0.25, 0.3) is 11.3 Å². The van der Waals surface area contributed by atoms with Crippen LogP contribution in [0.4, 0.5) is 0 Å². The van der Waals surface area contributed by atoms with Crippen molar-refractivity contribution in [1.82, 2.24) is 15.5 Å². The monoisotopic (exact) mass is 353 g/mol. The zero-order valence-electron chi connectivity index (χ0n) is 15.2. The molecule has 1 fully saturated rings. The van der Waals surface area contributed by atoms with Gasteiger partial charge < -0.3 is 10.1 Å². The van der Waals surface area contributed by atoms with Gasteiger partial charge in [0.05, 0.1) is 12.3 Å². The Hall–Kier alpha value is -2.14. The van der Waals surface area contributed by atoms with Crippen molar-refractivity contribution in [1.29, 1.82) is 0 Å². The summed E-state index contributed by atoms with van der Waals surface area (Å²) >= 11 is 0. The van der Waals surface area contributed by atoms with Crippen molar-refractivity contribution < 1.29 is 4.74 Å². The van der Waals surface area contributed by atoms with Crippen LogP contribution in [0.3, 0.4) is 0 Å². The lowest BCUT2D eigenvalue weighted by Crippen LogP contribution is -2.29. The maximum Gasteiger partial charge on any atom is 0.267 e. The van der Waals surface area contributed by atoms with Crippen molar-refractivity contribution in [2.45, 2.75) is 44.9 Å². The maximum absolute atomic E-state index is 11.9. The van der Waals surface area contributed by atoms with Crippen LogP contribution in [0.15, 0.2) is 29.1 Å². The first-order valence-electron chi connectivity index (χ1n) is 9.85. The topological polar surface area (TPSA) is 67.0 Å². The van der Waals surface area contributed by atoms with Gasteiger partial charge in [-0.2, -0.15) is 5.10 Å². The van der Waals surface area contributed by atoms with E-state index in [1.54, 1.807) is 0 Å². The fourth-order valence-corrected chi connectivity index (χ4v) is 4.18. The highest BCUT2D eigenvalue weighted by molar-refractivity contribution is 5.65. The number of H-pyrrole nitrogens is 1. The summed E-state index contributed by atoms with van der Waals surface area (Å²) in [6, 6.07) is 8.09. The number of fused-ring (bicyclic) bond motifs is 1. The third-order valence-electron chi connectivity index (χ3n) is 5.60. The summed E-state index contributed by atoms with van der Waals surface area (Å²) in [5.74, 6) is 1.71. The van der Waals surface area contributed by atoms with Crippen molar-refractivity contribution in [3.63, 3.8) is 0 Å². The van der Waals surface area contributed by atoms with Crippen LogP contribution >= 0.6 is 0 Å². The van der Waals surface area contributed by atoms with E-state index in [-0.39, 0.29) is 5.56 Å². The molecule has 2 aliphatic rings. The van der Waals surface area contributed by atoms with E-state index in [1.807, 2.05) is 24.3 Å². The number of nitrogens with zero attached hydrogens (tertiary/aromatic N) is 1. The number of piperidine rings is 1. The van der Waals surface area contributed by atoms with Crippen molar-refractivity contribution >= 4 is 0 Å². The Morgan fingerprint density at radius 1 is 1.12 bits per heavy atom. The van der Waals surface area contributed by atoms with Crippen LogP contribution in [0.2, 0.25) is 0 Å². The molecule has 0 bridgehead atoms. The van der Waals surface area contributed by atoms with Crippen LogP contribution in [-0.2, 0) is 12.8 Å². The Morgan fingerprint density at radius 3 is 2.77 bits per heavy atom. The van der Waals surface area contributed by atoms with Crippen LogP contribution in [0.5, 0.6) is 5.75 Å². The average Bonchev–Trinajstić information content (AvgIpc) is 3.18. The number of hydrogen-bond donors (Lipinski definition) is 2. The molecule has 1 atom stereocenters. The molecule has 2 aromatic rings. The number of hydrogen-bond acceptors (Lipinski definition) is 4. The van der Waals surface area contributed by atoms with Gasteiger partial charge in [-0.1, -0.05) is 0 Å². The summed E-state index contributed by atoms with van der Waals surface area (Å²) in [6.45, 7) is 3.10. The first kappa shape index (κ1) is 17.3. The summed E-state index contributed by atoms with van der Waals surface area (Å²) in [5.41, 5.74) is 3.94. The third-order valence-corrected chi connectivity index (χ3v) is 5.60. The summed E-state index contributed by atoms with van der Waals surface area (Å²) in [7, 11) is 0. The Kier molecular flexibility index (Phi) is 5.34. The first-order valence-corrected chi connectivity index (χ1v) is 9.85. The second-order valence-corrected chi connectivity index (χ2v) is 7.44. The Morgan fingerprint density at radius 2 is 1.96 bits per heavy atom. The number of rotatable bonds is 6. The Balaban J connectivity index is 1.34. The van der Waals surface area contributed by atoms with Gasteiger partial charge in [0.1, 0.15) is 5.75 Å². The van der Waals surface area contributed by atoms with Gasteiger partial charge in [0.2, 0.25) is 0 Å². The zero-order valence-corrected chi connectivity index (χ0v) is 15.2. The predicted octanol–water partition coefficient (Wildman–Crippen LogP) is 3.08. The molecule has 1 aromatic heterocycles. The number of aromatic nitrogens is 2. The summed E-state index contributed by atoms with van der Waals surface area (Å²) in [5, 5.41) is 10.4. The molecule has 1 aliphatic heterocycles.